The molecule has 0 aliphatic heterocycles. The number of carbonyl (C=O) groups is 1. The molecule has 4 heteroatoms. The molecular weight excluding hydrogens is 276 g/mol. The zero-order chi connectivity index (χ0) is 15.4. The average Bonchev–Trinajstić information content (AvgIpc) is 3.04. The van der Waals surface area contributed by atoms with Crippen LogP contribution in [-0.2, 0) is 0 Å². The molecule has 0 aliphatic carbocycles. The standard InChI is InChI=1S/C18H16N2O2/c1-22-16-11-9-14(10-12-16)18(21)19-17-8-5-13-20(17)15-6-3-2-4-7-15/h2-13H,1H3,(H,19,21). The van der Waals surface area contributed by atoms with Gasteiger partial charge in [0.1, 0.15) is 11.6 Å². The maximum absolute atomic E-state index is 12.3. The molecule has 1 heterocycles. The summed E-state index contributed by atoms with van der Waals surface area (Å²) in [5.74, 6) is 1.30. The van der Waals surface area contributed by atoms with E-state index in [0.717, 1.165) is 17.3 Å². The summed E-state index contributed by atoms with van der Waals surface area (Å²) in [6, 6.07) is 20.7. The van der Waals surface area contributed by atoms with Gasteiger partial charge in [-0.1, -0.05) is 18.2 Å². The van der Waals surface area contributed by atoms with Gasteiger partial charge in [0.2, 0.25) is 0 Å². The third kappa shape index (κ3) is 2.86. The molecule has 1 N–H and O–H groups in total. The number of aromatic nitrogens is 1. The highest BCUT2D eigenvalue weighted by molar-refractivity contribution is 6.04. The van der Waals surface area contributed by atoms with Crippen LogP contribution in [0.1, 0.15) is 10.4 Å². The van der Waals surface area contributed by atoms with Gasteiger partial charge in [0.15, 0.2) is 0 Å². The van der Waals surface area contributed by atoms with E-state index in [1.165, 1.54) is 0 Å². The second kappa shape index (κ2) is 6.18. The average molecular weight is 292 g/mol. The minimum atomic E-state index is -0.154. The zero-order valence-corrected chi connectivity index (χ0v) is 12.2. The first kappa shape index (κ1) is 13.9. The quantitative estimate of drug-likeness (QED) is 0.796. The highest BCUT2D eigenvalue weighted by Crippen LogP contribution is 2.18. The summed E-state index contributed by atoms with van der Waals surface area (Å²) < 4.78 is 7.03. The molecule has 0 bridgehead atoms. The molecule has 0 fully saturated rings. The van der Waals surface area contributed by atoms with E-state index in [2.05, 4.69) is 5.32 Å². The molecule has 0 atom stereocenters. The minimum Gasteiger partial charge on any atom is -0.497 e. The number of carbonyl (C=O) groups excluding carboxylic acids is 1. The molecule has 0 aliphatic rings. The summed E-state index contributed by atoms with van der Waals surface area (Å²) in [7, 11) is 1.60. The Hall–Kier alpha value is -3.01. The van der Waals surface area contributed by atoms with Crippen LogP contribution >= 0.6 is 0 Å². The SMILES string of the molecule is COc1ccc(C(=O)Nc2cccn2-c2ccccc2)cc1. The molecule has 0 saturated carbocycles. The normalized spacial score (nSPS) is 10.2. The molecular formula is C18H16N2O2. The summed E-state index contributed by atoms with van der Waals surface area (Å²) >= 11 is 0. The van der Waals surface area contributed by atoms with Crippen molar-refractivity contribution < 1.29 is 9.53 Å². The summed E-state index contributed by atoms with van der Waals surface area (Å²) in [4.78, 5) is 12.3. The largest absolute Gasteiger partial charge is 0.497 e. The Balaban J connectivity index is 1.81. The third-order valence-electron chi connectivity index (χ3n) is 3.38. The molecule has 3 aromatic rings. The first-order chi connectivity index (χ1) is 10.8. The number of hydrogen-bond acceptors (Lipinski definition) is 2. The topological polar surface area (TPSA) is 43.3 Å². The molecule has 4 nitrogen and oxygen atoms in total. The summed E-state index contributed by atoms with van der Waals surface area (Å²) in [5.41, 5.74) is 1.58. The van der Waals surface area contributed by atoms with E-state index < -0.39 is 0 Å². The number of para-hydroxylation sites is 1. The predicted molar refractivity (Wildman–Crippen MR) is 86.7 cm³/mol. The number of rotatable bonds is 4. The van der Waals surface area contributed by atoms with E-state index >= 15 is 0 Å². The van der Waals surface area contributed by atoms with Crippen molar-refractivity contribution in [1.82, 2.24) is 4.57 Å². The Morgan fingerprint density at radius 3 is 2.36 bits per heavy atom. The lowest BCUT2D eigenvalue weighted by Crippen LogP contribution is -2.14. The highest BCUT2D eigenvalue weighted by Gasteiger charge is 2.09. The van der Waals surface area contributed by atoms with Crippen LogP contribution in [0, 0.1) is 0 Å². The van der Waals surface area contributed by atoms with Crippen LogP contribution in [0.5, 0.6) is 5.75 Å². The smallest absolute Gasteiger partial charge is 0.256 e. The molecule has 0 unspecified atom stereocenters. The summed E-state index contributed by atoms with van der Waals surface area (Å²) in [6.07, 6.45) is 1.92. The maximum Gasteiger partial charge on any atom is 0.256 e. The van der Waals surface area contributed by atoms with Gasteiger partial charge in [0.05, 0.1) is 7.11 Å². The summed E-state index contributed by atoms with van der Waals surface area (Å²) in [6.45, 7) is 0. The number of anilines is 1. The molecule has 2 aromatic carbocycles. The van der Waals surface area contributed by atoms with Crippen molar-refractivity contribution >= 4 is 11.7 Å². The Bertz CT molecular complexity index is 761. The molecule has 3 rings (SSSR count). The summed E-state index contributed by atoms with van der Waals surface area (Å²) in [5, 5.41) is 2.93. The van der Waals surface area contributed by atoms with E-state index in [0.29, 0.717) is 5.56 Å². The number of nitrogens with zero attached hydrogens (tertiary/aromatic N) is 1. The van der Waals surface area contributed by atoms with Crippen molar-refractivity contribution in [3.63, 3.8) is 0 Å². The first-order valence-corrected chi connectivity index (χ1v) is 6.96. The van der Waals surface area contributed by atoms with Crippen molar-refractivity contribution in [3.05, 3.63) is 78.5 Å². The Morgan fingerprint density at radius 1 is 0.955 bits per heavy atom. The van der Waals surface area contributed by atoms with Gasteiger partial charge >= 0.3 is 0 Å². The molecule has 0 saturated heterocycles. The van der Waals surface area contributed by atoms with Gasteiger partial charge in [0, 0.05) is 17.4 Å². The fourth-order valence-electron chi connectivity index (χ4n) is 2.23. The number of ether oxygens (including phenoxy) is 1. The Kier molecular flexibility index (Phi) is 3.92. The highest BCUT2D eigenvalue weighted by atomic mass is 16.5. The molecule has 110 valence electrons. The number of amides is 1. The number of benzene rings is 2. The maximum atomic E-state index is 12.3. The van der Waals surface area contributed by atoms with Crippen LogP contribution in [-0.4, -0.2) is 17.6 Å². The van der Waals surface area contributed by atoms with E-state index in [4.69, 9.17) is 4.74 Å². The van der Waals surface area contributed by atoms with Crippen LogP contribution in [0.3, 0.4) is 0 Å². The van der Waals surface area contributed by atoms with E-state index in [1.54, 1.807) is 31.4 Å². The van der Waals surface area contributed by atoms with Crippen LogP contribution < -0.4 is 10.1 Å². The second-order valence-electron chi connectivity index (χ2n) is 4.78. The van der Waals surface area contributed by atoms with Crippen molar-refractivity contribution in [1.29, 1.82) is 0 Å². The van der Waals surface area contributed by atoms with Crippen molar-refractivity contribution in [2.45, 2.75) is 0 Å². The van der Waals surface area contributed by atoms with Gasteiger partial charge < -0.3 is 14.6 Å². The zero-order valence-electron chi connectivity index (χ0n) is 12.2. The molecule has 1 aromatic heterocycles. The van der Waals surface area contributed by atoms with Crippen LogP contribution in [0.15, 0.2) is 72.9 Å². The molecule has 0 spiro atoms. The van der Waals surface area contributed by atoms with Gasteiger partial charge in [0.25, 0.3) is 5.91 Å². The van der Waals surface area contributed by atoms with E-state index in [1.807, 2.05) is 53.2 Å². The second-order valence-corrected chi connectivity index (χ2v) is 4.78. The van der Waals surface area contributed by atoms with Crippen molar-refractivity contribution in [3.8, 4) is 11.4 Å². The molecule has 1 amide bonds. The molecule has 0 radical (unpaired) electrons. The van der Waals surface area contributed by atoms with Crippen LogP contribution in [0.4, 0.5) is 5.82 Å². The van der Waals surface area contributed by atoms with Gasteiger partial charge in [-0.2, -0.15) is 0 Å². The lowest BCUT2D eigenvalue weighted by molar-refractivity contribution is 0.102. The fraction of sp³-hybridized carbons (Fsp3) is 0.0556. The van der Waals surface area contributed by atoms with Crippen molar-refractivity contribution in [2.24, 2.45) is 0 Å². The van der Waals surface area contributed by atoms with Crippen LogP contribution in [0.25, 0.3) is 5.69 Å². The minimum absolute atomic E-state index is 0.154. The van der Waals surface area contributed by atoms with Gasteiger partial charge in [-0.25, -0.2) is 0 Å². The number of methoxy groups -OCH3 is 1. The third-order valence-corrected chi connectivity index (χ3v) is 3.38. The number of hydrogen-bond donors (Lipinski definition) is 1. The van der Waals surface area contributed by atoms with Gasteiger partial charge in [-0.05, 0) is 48.5 Å². The van der Waals surface area contributed by atoms with Gasteiger partial charge in [-0.3, -0.25) is 4.79 Å². The Labute approximate surface area is 129 Å². The molecule has 22 heavy (non-hydrogen) atoms. The Morgan fingerprint density at radius 2 is 1.68 bits per heavy atom. The number of nitrogens with one attached hydrogen (secondary N) is 1. The van der Waals surface area contributed by atoms with E-state index in [-0.39, 0.29) is 5.91 Å². The van der Waals surface area contributed by atoms with Crippen LogP contribution in [0.2, 0.25) is 0 Å². The monoisotopic (exact) mass is 292 g/mol. The predicted octanol–water partition coefficient (Wildman–Crippen LogP) is 3.74. The fourth-order valence-corrected chi connectivity index (χ4v) is 2.23. The lowest BCUT2D eigenvalue weighted by atomic mass is 10.2. The lowest BCUT2D eigenvalue weighted by Gasteiger charge is -2.10. The van der Waals surface area contributed by atoms with Gasteiger partial charge in [-0.15, -0.1) is 0 Å². The van der Waals surface area contributed by atoms with Crippen molar-refractivity contribution in [2.75, 3.05) is 12.4 Å². The van der Waals surface area contributed by atoms with E-state index in [9.17, 15) is 4.79 Å². The first-order valence-electron chi connectivity index (χ1n) is 6.96.